The molecule has 4 heterocycles. The van der Waals surface area contributed by atoms with Crippen LogP contribution < -0.4 is 9.64 Å². The first-order chi connectivity index (χ1) is 10.9. The summed E-state index contributed by atoms with van der Waals surface area (Å²) in [4.78, 5) is 22.4. The van der Waals surface area contributed by atoms with Gasteiger partial charge < -0.3 is 14.6 Å². The number of aromatic nitrogens is 5. The first kappa shape index (κ1) is 13.0. The van der Waals surface area contributed by atoms with Crippen LogP contribution in [0.25, 0.3) is 11.2 Å². The first-order valence-corrected chi connectivity index (χ1v) is 7.36. The van der Waals surface area contributed by atoms with Crippen LogP contribution in [-0.2, 0) is 0 Å². The van der Waals surface area contributed by atoms with Gasteiger partial charge in [-0.1, -0.05) is 6.07 Å². The van der Waals surface area contributed by atoms with Gasteiger partial charge in [-0.3, -0.25) is 0 Å². The van der Waals surface area contributed by atoms with Crippen LogP contribution in [0.1, 0.15) is 12.8 Å². The molecule has 1 N–H and O–H groups in total. The average Bonchev–Trinajstić information content (AvgIpc) is 3.22. The van der Waals surface area contributed by atoms with Crippen molar-refractivity contribution < 1.29 is 4.74 Å². The molecule has 0 spiro atoms. The first-order valence-electron chi connectivity index (χ1n) is 7.36. The number of aromatic amines is 1. The van der Waals surface area contributed by atoms with E-state index in [4.69, 9.17) is 4.74 Å². The van der Waals surface area contributed by atoms with E-state index >= 15 is 0 Å². The number of hydrogen-bond donors (Lipinski definition) is 1. The highest BCUT2D eigenvalue weighted by Gasteiger charge is 2.28. The van der Waals surface area contributed by atoms with Crippen LogP contribution in [0.2, 0.25) is 0 Å². The van der Waals surface area contributed by atoms with Gasteiger partial charge in [0.1, 0.15) is 18.5 Å². The quantitative estimate of drug-likeness (QED) is 0.790. The van der Waals surface area contributed by atoms with Gasteiger partial charge >= 0.3 is 0 Å². The Bertz CT molecular complexity index is 759. The minimum Gasteiger partial charge on any atom is -0.475 e. The zero-order valence-corrected chi connectivity index (χ0v) is 12.0. The molecule has 0 aliphatic carbocycles. The van der Waals surface area contributed by atoms with Gasteiger partial charge in [-0.05, 0) is 18.9 Å². The summed E-state index contributed by atoms with van der Waals surface area (Å²) in [5.74, 6) is 1.53. The summed E-state index contributed by atoms with van der Waals surface area (Å²) < 4.78 is 5.81. The van der Waals surface area contributed by atoms with Gasteiger partial charge in [-0.15, -0.1) is 0 Å². The minimum atomic E-state index is 0.275. The zero-order chi connectivity index (χ0) is 14.8. The van der Waals surface area contributed by atoms with Gasteiger partial charge in [-0.25, -0.2) is 19.9 Å². The molecule has 4 rings (SSSR count). The number of fused-ring (bicyclic) bond motifs is 1. The maximum absolute atomic E-state index is 5.81. The maximum atomic E-state index is 5.81. The second-order valence-electron chi connectivity index (χ2n) is 5.27. The standard InChI is InChI=1S/C15H16N6O/c1-2-6-16-12(5-1)22-8-11-4-3-7-21(11)15-13-14(18-9-17-13)19-10-20-15/h1-2,5-6,9-11H,3-4,7-8H2,(H,17,18,19,20). The molecule has 1 aliphatic rings. The molecule has 7 heteroatoms. The molecule has 22 heavy (non-hydrogen) atoms. The fourth-order valence-electron chi connectivity index (χ4n) is 2.86. The highest BCUT2D eigenvalue weighted by atomic mass is 16.5. The molecule has 0 aromatic carbocycles. The lowest BCUT2D eigenvalue weighted by Gasteiger charge is -2.25. The van der Waals surface area contributed by atoms with Crippen LogP contribution in [0, 0.1) is 0 Å². The van der Waals surface area contributed by atoms with Crippen molar-refractivity contribution in [2.45, 2.75) is 18.9 Å². The van der Waals surface area contributed by atoms with Crippen LogP contribution >= 0.6 is 0 Å². The second kappa shape index (κ2) is 5.59. The fraction of sp³-hybridized carbons (Fsp3) is 0.333. The Labute approximate surface area is 127 Å². The lowest BCUT2D eigenvalue weighted by molar-refractivity contribution is 0.278. The zero-order valence-electron chi connectivity index (χ0n) is 12.0. The molecule has 1 unspecified atom stereocenters. The molecule has 3 aromatic heterocycles. The van der Waals surface area contributed by atoms with Gasteiger partial charge in [0.25, 0.3) is 0 Å². The molecule has 0 amide bonds. The molecule has 1 atom stereocenters. The Balaban J connectivity index is 1.55. The van der Waals surface area contributed by atoms with Crippen LogP contribution in [0.4, 0.5) is 5.82 Å². The normalized spacial score (nSPS) is 18.0. The molecule has 7 nitrogen and oxygen atoms in total. The van der Waals surface area contributed by atoms with Crippen LogP contribution in [0.15, 0.2) is 37.1 Å². The molecule has 3 aromatic rings. The van der Waals surface area contributed by atoms with Crippen LogP contribution in [-0.4, -0.2) is 44.1 Å². The van der Waals surface area contributed by atoms with Crippen molar-refractivity contribution >= 4 is 17.0 Å². The highest BCUT2D eigenvalue weighted by Crippen LogP contribution is 2.28. The Kier molecular flexibility index (Phi) is 3.30. The van der Waals surface area contributed by atoms with Crippen LogP contribution in [0.3, 0.4) is 0 Å². The van der Waals surface area contributed by atoms with Crippen molar-refractivity contribution in [2.75, 3.05) is 18.1 Å². The molecular formula is C15H16N6O. The molecule has 0 saturated carbocycles. The molecule has 0 bridgehead atoms. The molecule has 1 saturated heterocycles. The number of anilines is 1. The minimum absolute atomic E-state index is 0.275. The van der Waals surface area contributed by atoms with E-state index in [1.54, 1.807) is 18.9 Å². The summed E-state index contributed by atoms with van der Waals surface area (Å²) in [5, 5.41) is 0. The number of pyridine rings is 1. The van der Waals surface area contributed by atoms with Gasteiger partial charge in [0, 0.05) is 18.8 Å². The van der Waals surface area contributed by atoms with Crippen LogP contribution in [0.5, 0.6) is 5.88 Å². The number of H-pyrrole nitrogens is 1. The summed E-state index contributed by atoms with van der Waals surface area (Å²) in [5.41, 5.74) is 1.58. The summed E-state index contributed by atoms with van der Waals surface area (Å²) in [6, 6.07) is 5.95. The highest BCUT2D eigenvalue weighted by molar-refractivity contribution is 5.82. The van der Waals surface area contributed by atoms with E-state index in [0.717, 1.165) is 36.4 Å². The third-order valence-electron chi connectivity index (χ3n) is 3.91. The third-order valence-corrected chi connectivity index (χ3v) is 3.91. The summed E-state index contributed by atoms with van der Waals surface area (Å²) in [6.45, 7) is 1.54. The lowest BCUT2D eigenvalue weighted by Crippen LogP contribution is -2.35. The SMILES string of the molecule is c1ccc(OCC2CCCN2c2ncnc3[nH]cnc23)nc1. The number of nitrogens with one attached hydrogen (secondary N) is 1. The smallest absolute Gasteiger partial charge is 0.213 e. The fourth-order valence-corrected chi connectivity index (χ4v) is 2.86. The third kappa shape index (κ3) is 2.34. The topological polar surface area (TPSA) is 79.8 Å². The van der Waals surface area contributed by atoms with Gasteiger partial charge in [-0.2, -0.15) is 0 Å². The van der Waals surface area contributed by atoms with Gasteiger partial charge in [0.05, 0.1) is 12.4 Å². The van der Waals surface area contributed by atoms with Crippen molar-refractivity contribution in [3.63, 3.8) is 0 Å². The molecular weight excluding hydrogens is 280 g/mol. The van der Waals surface area contributed by atoms with E-state index in [0.29, 0.717) is 12.5 Å². The number of nitrogens with zero attached hydrogens (tertiary/aromatic N) is 5. The Morgan fingerprint density at radius 3 is 3.14 bits per heavy atom. The van der Waals surface area contributed by atoms with Crippen molar-refractivity contribution in [2.24, 2.45) is 0 Å². The summed E-state index contributed by atoms with van der Waals surface area (Å²) >= 11 is 0. The maximum Gasteiger partial charge on any atom is 0.213 e. The summed E-state index contributed by atoms with van der Waals surface area (Å²) in [7, 11) is 0. The molecule has 0 radical (unpaired) electrons. The largest absolute Gasteiger partial charge is 0.475 e. The van der Waals surface area contributed by atoms with E-state index in [-0.39, 0.29) is 6.04 Å². The van der Waals surface area contributed by atoms with E-state index in [2.05, 4.69) is 29.8 Å². The van der Waals surface area contributed by atoms with Crippen molar-refractivity contribution in [1.82, 2.24) is 24.9 Å². The van der Waals surface area contributed by atoms with Crippen molar-refractivity contribution in [3.8, 4) is 5.88 Å². The number of imidazole rings is 1. The Hall–Kier alpha value is -2.70. The molecule has 1 fully saturated rings. The number of rotatable bonds is 4. The second-order valence-corrected chi connectivity index (χ2v) is 5.27. The number of hydrogen-bond acceptors (Lipinski definition) is 6. The van der Waals surface area contributed by atoms with Crippen molar-refractivity contribution in [3.05, 3.63) is 37.1 Å². The number of ether oxygens (including phenoxy) is 1. The monoisotopic (exact) mass is 296 g/mol. The van der Waals surface area contributed by atoms with E-state index in [1.807, 2.05) is 18.2 Å². The average molecular weight is 296 g/mol. The van der Waals surface area contributed by atoms with E-state index in [1.165, 1.54) is 0 Å². The van der Waals surface area contributed by atoms with E-state index in [9.17, 15) is 0 Å². The van der Waals surface area contributed by atoms with Gasteiger partial charge in [0.15, 0.2) is 11.5 Å². The predicted molar refractivity (Wildman–Crippen MR) is 81.8 cm³/mol. The lowest BCUT2D eigenvalue weighted by atomic mass is 10.2. The molecule has 1 aliphatic heterocycles. The Morgan fingerprint density at radius 2 is 2.23 bits per heavy atom. The Morgan fingerprint density at radius 1 is 1.23 bits per heavy atom. The van der Waals surface area contributed by atoms with Gasteiger partial charge in [0.2, 0.25) is 5.88 Å². The van der Waals surface area contributed by atoms with Crippen molar-refractivity contribution in [1.29, 1.82) is 0 Å². The van der Waals surface area contributed by atoms with E-state index < -0.39 is 0 Å². The molecule has 112 valence electrons. The predicted octanol–water partition coefficient (Wildman–Crippen LogP) is 1.80. The summed E-state index contributed by atoms with van der Waals surface area (Å²) in [6.07, 6.45) is 7.15.